The Morgan fingerprint density at radius 3 is 2.76 bits per heavy atom. The Morgan fingerprint density at radius 1 is 1.47 bits per heavy atom. The van der Waals surface area contributed by atoms with Crippen LogP contribution in [0.15, 0.2) is 24.4 Å². The van der Waals surface area contributed by atoms with Crippen molar-refractivity contribution in [1.29, 1.82) is 0 Å². The van der Waals surface area contributed by atoms with Gasteiger partial charge in [-0.3, -0.25) is 15.1 Å². The van der Waals surface area contributed by atoms with Crippen molar-refractivity contribution in [1.82, 2.24) is 10.3 Å². The minimum Gasteiger partial charge on any atom is -0.465 e. The fourth-order valence-electron chi connectivity index (χ4n) is 1.61. The summed E-state index contributed by atoms with van der Waals surface area (Å²) >= 11 is 0. The van der Waals surface area contributed by atoms with E-state index < -0.39 is 0 Å². The molecule has 2 atom stereocenters. The largest absolute Gasteiger partial charge is 0.465 e. The Labute approximate surface area is 102 Å². The van der Waals surface area contributed by atoms with Crippen molar-refractivity contribution in [2.75, 3.05) is 6.61 Å². The quantitative estimate of drug-likeness (QED) is 0.768. The van der Waals surface area contributed by atoms with E-state index in [9.17, 15) is 4.79 Å². The van der Waals surface area contributed by atoms with Crippen molar-refractivity contribution in [2.24, 2.45) is 0 Å². The molecule has 1 N–H and O–H groups in total. The van der Waals surface area contributed by atoms with Crippen LogP contribution < -0.4 is 5.32 Å². The van der Waals surface area contributed by atoms with E-state index in [0.717, 1.165) is 5.69 Å². The lowest BCUT2D eigenvalue weighted by atomic mass is 10.1. The first-order valence-corrected chi connectivity index (χ1v) is 6.02. The topological polar surface area (TPSA) is 51.2 Å². The van der Waals surface area contributed by atoms with Gasteiger partial charge in [0.25, 0.3) is 0 Å². The minimum atomic E-state index is -0.271. The molecule has 0 radical (unpaired) electrons. The molecule has 0 aliphatic rings. The standard InChI is InChI=1S/C13H20N2O2/c1-4-11(13(16)17-5-2)15-10(3)12-8-6-7-9-14-12/h6-11,15H,4-5H2,1-3H3. The highest BCUT2D eigenvalue weighted by Gasteiger charge is 2.20. The minimum absolute atomic E-state index is 0.0329. The highest BCUT2D eigenvalue weighted by Crippen LogP contribution is 2.10. The molecule has 4 heteroatoms. The number of hydrogen-bond donors (Lipinski definition) is 1. The van der Waals surface area contributed by atoms with E-state index in [1.165, 1.54) is 0 Å². The summed E-state index contributed by atoms with van der Waals surface area (Å²) in [5.41, 5.74) is 0.926. The summed E-state index contributed by atoms with van der Waals surface area (Å²) in [5, 5.41) is 3.23. The van der Waals surface area contributed by atoms with E-state index in [-0.39, 0.29) is 18.1 Å². The fraction of sp³-hybridized carbons (Fsp3) is 0.538. The van der Waals surface area contributed by atoms with Crippen molar-refractivity contribution in [3.05, 3.63) is 30.1 Å². The monoisotopic (exact) mass is 236 g/mol. The van der Waals surface area contributed by atoms with Crippen molar-refractivity contribution < 1.29 is 9.53 Å². The normalized spacial score (nSPS) is 14.1. The summed E-state index contributed by atoms with van der Waals surface area (Å²) in [6.45, 7) is 6.17. The molecule has 0 amide bonds. The molecule has 17 heavy (non-hydrogen) atoms. The Balaban J connectivity index is 2.59. The molecular formula is C13H20N2O2. The van der Waals surface area contributed by atoms with Crippen LogP contribution in [0.5, 0.6) is 0 Å². The maximum atomic E-state index is 11.6. The van der Waals surface area contributed by atoms with Gasteiger partial charge in [0.05, 0.1) is 12.3 Å². The van der Waals surface area contributed by atoms with E-state index in [0.29, 0.717) is 13.0 Å². The molecular weight excluding hydrogens is 216 g/mol. The lowest BCUT2D eigenvalue weighted by molar-refractivity contribution is -0.146. The van der Waals surface area contributed by atoms with E-state index >= 15 is 0 Å². The number of aromatic nitrogens is 1. The van der Waals surface area contributed by atoms with Gasteiger partial charge in [0, 0.05) is 12.2 Å². The maximum Gasteiger partial charge on any atom is 0.323 e. The number of hydrogen-bond acceptors (Lipinski definition) is 4. The Bertz CT molecular complexity index is 341. The van der Waals surface area contributed by atoms with Gasteiger partial charge in [-0.15, -0.1) is 0 Å². The van der Waals surface area contributed by atoms with Gasteiger partial charge >= 0.3 is 5.97 Å². The average molecular weight is 236 g/mol. The Morgan fingerprint density at radius 2 is 2.24 bits per heavy atom. The molecule has 0 saturated carbocycles. The van der Waals surface area contributed by atoms with Crippen LogP contribution in [-0.4, -0.2) is 23.6 Å². The zero-order valence-electron chi connectivity index (χ0n) is 10.6. The predicted molar refractivity (Wildman–Crippen MR) is 66.5 cm³/mol. The van der Waals surface area contributed by atoms with Gasteiger partial charge in [-0.2, -0.15) is 0 Å². The van der Waals surface area contributed by atoms with Crippen molar-refractivity contribution >= 4 is 5.97 Å². The molecule has 94 valence electrons. The van der Waals surface area contributed by atoms with Crippen LogP contribution >= 0.6 is 0 Å². The van der Waals surface area contributed by atoms with Crippen molar-refractivity contribution in [2.45, 2.75) is 39.3 Å². The number of pyridine rings is 1. The zero-order valence-corrected chi connectivity index (χ0v) is 10.6. The third kappa shape index (κ3) is 4.15. The second kappa shape index (κ2) is 7.01. The van der Waals surface area contributed by atoms with Gasteiger partial charge in [-0.1, -0.05) is 13.0 Å². The summed E-state index contributed by atoms with van der Waals surface area (Å²) in [4.78, 5) is 15.9. The van der Waals surface area contributed by atoms with Crippen molar-refractivity contribution in [3.8, 4) is 0 Å². The molecule has 0 aliphatic carbocycles. The summed E-state index contributed by atoms with van der Waals surface area (Å²) < 4.78 is 5.01. The molecule has 1 aromatic heterocycles. The third-order valence-corrected chi connectivity index (χ3v) is 2.56. The summed E-state index contributed by atoms with van der Waals surface area (Å²) in [6, 6.07) is 5.51. The third-order valence-electron chi connectivity index (χ3n) is 2.56. The van der Waals surface area contributed by atoms with Crippen LogP contribution in [-0.2, 0) is 9.53 Å². The van der Waals surface area contributed by atoms with Gasteiger partial charge in [0.1, 0.15) is 6.04 Å². The van der Waals surface area contributed by atoms with E-state index in [1.807, 2.05) is 39.0 Å². The van der Waals surface area contributed by atoms with Gasteiger partial charge in [0.2, 0.25) is 0 Å². The molecule has 0 aromatic carbocycles. The summed E-state index contributed by atoms with van der Waals surface area (Å²) in [5.74, 6) is -0.196. The number of nitrogens with zero attached hydrogens (tertiary/aromatic N) is 1. The first kappa shape index (κ1) is 13.6. The number of rotatable bonds is 6. The summed E-state index contributed by atoms with van der Waals surface area (Å²) in [7, 11) is 0. The molecule has 0 saturated heterocycles. The average Bonchev–Trinajstić information content (AvgIpc) is 2.37. The van der Waals surface area contributed by atoms with Crippen LogP contribution in [0.3, 0.4) is 0 Å². The molecule has 4 nitrogen and oxygen atoms in total. The van der Waals surface area contributed by atoms with Gasteiger partial charge in [-0.05, 0) is 32.4 Å². The first-order valence-electron chi connectivity index (χ1n) is 6.02. The number of esters is 1. The molecule has 1 rings (SSSR count). The second-order valence-electron chi connectivity index (χ2n) is 3.86. The number of nitrogens with one attached hydrogen (secondary N) is 1. The smallest absolute Gasteiger partial charge is 0.323 e. The molecule has 1 aromatic rings. The van der Waals surface area contributed by atoms with Gasteiger partial charge in [0.15, 0.2) is 0 Å². The summed E-state index contributed by atoms with van der Waals surface area (Å²) in [6.07, 6.45) is 2.45. The lowest BCUT2D eigenvalue weighted by Gasteiger charge is -2.20. The Hall–Kier alpha value is -1.42. The van der Waals surface area contributed by atoms with Gasteiger partial charge in [-0.25, -0.2) is 0 Å². The number of carbonyl (C=O) groups is 1. The molecule has 1 heterocycles. The molecule has 0 spiro atoms. The predicted octanol–water partition coefficient (Wildman–Crippen LogP) is 2.07. The lowest BCUT2D eigenvalue weighted by Crippen LogP contribution is -2.39. The van der Waals surface area contributed by atoms with E-state index in [2.05, 4.69) is 10.3 Å². The van der Waals surface area contributed by atoms with E-state index in [4.69, 9.17) is 4.74 Å². The molecule has 0 fully saturated rings. The first-order chi connectivity index (χ1) is 8.19. The molecule has 0 aliphatic heterocycles. The van der Waals surface area contributed by atoms with Crippen LogP contribution in [0.4, 0.5) is 0 Å². The van der Waals surface area contributed by atoms with E-state index in [1.54, 1.807) is 6.20 Å². The van der Waals surface area contributed by atoms with Crippen LogP contribution in [0.1, 0.15) is 38.9 Å². The number of carbonyl (C=O) groups excluding carboxylic acids is 1. The SMILES string of the molecule is CCOC(=O)C(CC)NC(C)c1ccccn1. The Kier molecular flexibility index (Phi) is 5.63. The van der Waals surface area contributed by atoms with Gasteiger partial charge < -0.3 is 4.74 Å². The van der Waals surface area contributed by atoms with Crippen LogP contribution in [0.2, 0.25) is 0 Å². The zero-order chi connectivity index (χ0) is 12.7. The number of ether oxygens (including phenoxy) is 1. The van der Waals surface area contributed by atoms with Crippen molar-refractivity contribution in [3.63, 3.8) is 0 Å². The van der Waals surface area contributed by atoms with Crippen LogP contribution in [0.25, 0.3) is 0 Å². The molecule has 0 bridgehead atoms. The maximum absolute atomic E-state index is 11.6. The fourth-order valence-corrected chi connectivity index (χ4v) is 1.61. The highest BCUT2D eigenvalue weighted by atomic mass is 16.5. The highest BCUT2D eigenvalue weighted by molar-refractivity contribution is 5.75. The second-order valence-corrected chi connectivity index (χ2v) is 3.86. The van der Waals surface area contributed by atoms with Crippen LogP contribution in [0, 0.1) is 0 Å². The molecule has 2 unspecified atom stereocenters.